The van der Waals surface area contributed by atoms with Gasteiger partial charge in [0.1, 0.15) is 11.6 Å². The van der Waals surface area contributed by atoms with Gasteiger partial charge in [-0.05, 0) is 47.2 Å². The summed E-state index contributed by atoms with van der Waals surface area (Å²) >= 11 is 0. The Hall–Kier alpha value is -3.90. The number of nitrogen functional groups attached to an aromatic ring is 1. The lowest BCUT2D eigenvalue weighted by atomic mass is 9.98. The molecule has 3 aromatic rings. The Morgan fingerprint density at radius 1 is 0.947 bits per heavy atom. The highest BCUT2D eigenvalue weighted by atomic mass is 35.5. The molecule has 0 aromatic heterocycles. The summed E-state index contributed by atoms with van der Waals surface area (Å²) in [5.74, 6) is -0.922. The van der Waals surface area contributed by atoms with Crippen molar-refractivity contribution in [1.82, 2.24) is 10.4 Å². The van der Waals surface area contributed by atoms with Crippen molar-refractivity contribution in [3.63, 3.8) is 0 Å². The number of carbonyl (C=O) groups excluding carboxylic acids is 2. The van der Waals surface area contributed by atoms with Crippen LogP contribution in [0.2, 0.25) is 0 Å². The van der Waals surface area contributed by atoms with Gasteiger partial charge in [-0.1, -0.05) is 18.2 Å². The van der Waals surface area contributed by atoms with Crippen molar-refractivity contribution in [3.05, 3.63) is 71.3 Å². The normalized spacial score (nSPS) is 12.9. The summed E-state index contributed by atoms with van der Waals surface area (Å²) in [6.45, 7) is 2.57. The summed E-state index contributed by atoms with van der Waals surface area (Å²) in [6.07, 6.45) is -0.125. The van der Waals surface area contributed by atoms with Crippen molar-refractivity contribution < 1.29 is 19.1 Å². The molecule has 38 heavy (non-hydrogen) atoms. The molecule has 1 heterocycles. The molecule has 0 saturated carbocycles. The van der Waals surface area contributed by atoms with Crippen LogP contribution in [0.25, 0.3) is 10.8 Å². The first-order valence-electron chi connectivity index (χ1n) is 11.3. The number of guanidine groups is 1. The maximum absolute atomic E-state index is 12.9. The molecule has 1 saturated heterocycles. The number of hydrogen-bond acceptors (Lipinski definition) is 7. The molecule has 1 aliphatic heterocycles. The van der Waals surface area contributed by atoms with E-state index in [4.69, 9.17) is 31.8 Å². The summed E-state index contributed by atoms with van der Waals surface area (Å²) in [6, 6.07) is 14.9. The Kier molecular flexibility index (Phi) is 10.8. The highest BCUT2D eigenvalue weighted by Gasteiger charge is 2.17. The first kappa shape index (κ1) is 30.3. The molecular formula is C25H29Cl2N7O4. The minimum absolute atomic E-state index is 0. The maximum atomic E-state index is 12.9. The fourth-order valence-electron chi connectivity index (χ4n) is 3.85. The van der Waals surface area contributed by atoms with Gasteiger partial charge in [0.05, 0.1) is 25.2 Å². The van der Waals surface area contributed by atoms with Gasteiger partial charge in [-0.25, -0.2) is 9.80 Å². The average molecular weight is 562 g/mol. The number of primary amides is 1. The number of hydrogen-bond donors (Lipinski definition) is 6. The fourth-order valence-corrected chi connectivity index (χ4v) is 3.85. The molecule has 8 N–H and O–H groups in total. The molecule has 1 fully saturated rings. The zero-order valence-corrected chi connectivity index (χ0v) is 21.9. The van der Waals surface area contributed by atoms with Crippen LogP contribution in [0.4, 0.5) is 5.69 Å². The van der Waals surface area contributed by atoms with E-state index in [2.05, 4.69) is 10.7 Å². The fraction of sp³-hybridized carbons (Fsp3) is 0.200. The average Bonchev–Trinajstić information content (AvgIpc) is 2.85. The van der Waals surface area contributed by atoms with Gasteiger partial charge in [0.2, 0.25) is 11.9 Å². The number of nitrogens with two attached hydrogens (primary N) is 2. The standard InChI is InChI=1S/C25H27N7O4.2ClH/c26-22(33)14-20-19-7-3-17(23(27)28)13-16(19)4-8-21(20)36-24(34)15-1-5-18(6-2-15)30-25(29)31-32-9-11-35-12-10-32;;/h1-8,13H,9-12,14H2,(H2,26,33)(H3,27,28)(H3,29,30,31);2*1H. The monoisotopic (exact) mass is 561 g/mol. The number of ether oxygens (including phenoxy) is 2. The number of rotatable bonds is 7. The third-order valence-electron chi connectivity index (χ3n) is 5.62. The zero-order chi connectivity index (χ0) is 25.7. The summed E-state index contributed by atoms with van der Waals surface area (Å²) in [7, 11) is 0. The van der Waals surface area contributed by atoms with Gasteiger partial charge in [0.15, 0.2) is 0 Å². The van der Waals surface area contributed by atoms with E-state index in [0.29, 0.717) is 54.1 Å². The molecule has 13 heteroatoms. The molecular weight excluding hydrogens is 533 g/mol. The molecule has 202 valence electrons. The Bertz CT molecular complexity index is 1330. The van der Waals surface area contributed by atoms with Crippen molar-refractivity contribution in [3.8, 4) is 5.75 Å². The van der Waals surface area contributed by atoms with Crippen molar-refractivity contribution in [2.45, 2.75) is 6.42 Å². The summed E-state index contributed by atoms with van der Waals surface area (Å²) < 4.78 is 10.9. The van der Waals surface area contributed by atoms with Crippen LogP contribution >= 0.6 is 24.8 Å². The van der Waals surface area contributed by atoms with E-state index >= 15 is 0 Å². The number of halogens is 2. The van der Waals surface area contributed by atoms with Crippen LogP contribution < -0.4 is 26.9 Å². The Balaban J connectivity index is 0.00000253. The van der Waals surface area contributed by atoms with Crippen LogP contribution in [0.1, 0.15) is 21.5 Å². The Morgan fingerprint density at radius 3 is 2.24 bits per heavy atom. The van der Waals surface area contributed by atoms with E-state index in [9.17, 15) is 9.59 Å². The van der Waals surface area contributed by atoms with Gasteiger partial charge in [-0.3, -0.25) is 21.0 Å². The van der Waals surface area contributed by atoms with E-state index in [1.54, 1.807) is 54.6 Å². The number of nitrogens with zero attached hydrogens (tertiary/aromatic N) is 1. The molecule has 0 spiro atoms. The summed E-state index contributed by atoms with van der Waals surface area (Å²) in [5.41, 5.74) is 15.9. The first-order chi connectivity index (χ1) is 17.3. The van der Waals surface area contributed by atoms with E-state index in [1.807, 2.05) is 5.01 Å². The third-order valence-corrected chi connectivity index (χ3v) is 5.62. The predicted molar refractivity (Wildman–Crippen MR) is 151 cm³/mol. The van der Waals surface area contributed by atoms with Crippen LogP contribution in [0, 0.1) is 10.8 Å². The SMILES string of the molecule is Cl.Cl.N=C(Nc1ccc(C(=O)Oc2ccc3cc(C(=N)N)ccc3c2CC(N)=O)cc1)NN1CCOCC1. The van der Waals surface area contributed by atoms with Crippen LogP contribution in [-0.4, -0.2) is 55.0 Å². The lowest BCUT2D eigenvalue weighted by Crippen LogP contribution is -2.50. The van der Waals surface area contributed by atoms with E-state index < -0.39 is 11.9 Å². The van der Waals surface area contributed by atoms with Crippen LogP contribution in [0.3, 0.4) is 0 Å². The smallest absolute Gasteiger partial charge is 0.343 e. The zero-order valence-electron chi connectivity index (χ0n) is 20.3. The van der Waals surface area contributed by atoms with E-state index in [1.165, 1.54) is 0 Å². The van der Waals surface area contributed by atoms with Gasteiger partial charge in [-0.2, -0.15) is 0 Å². The van der Waals surface area contributed by atoms with Crippen LogP contribution in [0.5, 0.6) is 5.75 Å². The minimum atomic E-state index is -0.603. The number of anilines is 1. The molecule has 3 aromatic carbocycles. The van der Waals surface area contributed by atoms with Gasteiger partial charge in [0, 0.05) is 29.9 Å². The molecule has 1 amide bonds. The maximum Gasteiger partial charge on any atom is 0.343 e. The summed E-state index contributed by atoms with van der Waals surface area (Å²) in [4.78, 5) is 24.6. The van der Waals surface area contributed by atoms with Gasteiger partial charge >= 0.3 is 5.97 Å². The van der Waals surface area contributed by atoms with Crippen molar-refractivity contribution in [2.24, 2.45) is 11.5 Å². The molecule has 0 aliphatic carbocycles. The highest BCUT2D eigenvalue weighted by molar-refractivity contribution is 6.01. The first-order valence-corrected chi connectivity index (χ1v) is 11.3. The van der Waals surface area contributed by atoms with Crippen LogP contribution in [0.15, 0.2) is 54.6 Å². The van der Waals surface area contributed by atoms with Crippen molar-refractivity contribution in [1.29, 1.82) is 10.8 Å². The number of benzene rings is 3. The second-order valence-corrected chi connectivity index (χ2v) is 8.21. The van der Waals surface area contributed by atoms with Gasteiger partial charge in [-0.15, -0.1) is 24.8 Å². The Morgan fingerprint density at radius 2 is 1.61 bits per heavy atom. The van der Waals surface area contributed by atoms with E-state index in [-0.39, 0.29) is 48.8 Å². The van der Waals surface area contributed by atoms with Crippen molar-refractivity contribution >= 4 is 64.9 Å². The number of hydrazine groups is 1. The number of nitrogens with one attached hydrogen (secondary N) is 4. The second-order valence-electron chi connectivity index (χ2n) is 8.21. The molecule has 0 unspecified atom stereocenters. The second kappa shape index (κ2) is 13.6. The molecule has 0 atom stereocenters. The topological polar surface area (TPSA) is 180 Å². The largest absolute Gasteiger partial charge is 0.423 e. The van der Waals surface area contributed by atoms with Crippen molar-refractivity contribution in [2.75, 3.05) is 31.6 Å². The number of fused-ring (bicyclic) bond motifs is 1. The van der Waals surface area contributed by atoms with E-state index in [0.717, 1.165) is 5.39 Å². The molecule has 11 nitrogen and oxygen atoms in total. The number of esters is 1. The lowest BCUT2D eigenvalue weighted by molar-refractivity contribution is -0.117. The number of amidine groups is 1. The minimum Gasteiger partial charge on any atom is -0.423 e. The molecule has 0 radical (unpaired) electrons. The highest BCUT2D eigenvalue weighted by Crippen LogP contribution is 2.30. The van der Waals surface area contributed by atoms with Crippen LogP contribution in [-0.2, 0) is 16.0 Å². The molecule has 4 rings (SSSR count). The Labute approximate surface area is 231 Å². The number of carbonyl (C=O) groups is 2. The molecule has 1 aliphatic rings. The number of amides is 1. The lowest BCUT2D eigenvalue weighted by Gasteiger charge is -2.28. The summed E-state index contributed by atoms with van der Waals surface area (Å²) in [5, 5.41) is 21.9. The van der Waals surface area contributed by atoms with Gasteiger partial charge in [0.25, 0.3) is 0 Å². The molecule has 0 bridgehead atoms. The third kappa shape index (κ3) is 7.56. The van der Waals surface area contributed by atoms with Gasteiger partial charge < -0.3 is 26.3 Å². The quantitative estimate of drug-likeness (QED) is 0.110. The number of morpholine rings is 1. The predicted octanol–water partition coefficient (Wildman–Crippen LogP) is 2.40.